The molecule has 24 heavy (non-hydrogen) atoms. The minimum Gasteiger partial charge on any atom is -0.493 e. The maximum absolute atomic E-state index is 12.3. The van der Waals surface area contributed by atoms with Gasteiger partial charge in [0, 0.05) is 13.1 Å². The van der Waals surface area contributed by atoms with Crippen molar-refractivity contribution in [1.29, 1.82) is 0 Å². The first kappa shape index (κ1) is 17.4. The van der Waals surface area contributed by atoms with Gasteiger partial charge in [-0.05, 0) is 43.6 Å². The van der Waals surface area contributed by atoms with Crippen molar-refractivity contribution in [2.75, 3.05) is 46.2 Å². The molecular weight excluding hydrogens is 324 g/mol. The Labute approximate surface area is 148 Å². The van der Waals surface area contributed by atoms with Crippen molar-refractivity contribution in [3.05, 3.63) is 23.8 Å². The van der Waals surface area contributed by atoms with Crippen LogP contribution in [0.25, 0.3) is 0 Å². The van der Waals surface area contributed by atoms with E-state index in [1.54, 1.807) is 26.0 Å². The van der Waals surface area contributed by atoms with Gasteiger partial charge in [0.2, 0.25) is 5.91 Å². The minimum absolute atomic E-state index is 0.0714. The molecule has 2 heterocycles. The Morgan fingerprint density at radius 2 is 1.83 bits per heavy atom. The van der Waals surface area contributed by atoms with Gasteiger partial charge in [-0.3, -0.25) is 4.79 Å². The highest BCUT2D eigenvalue weighted by Gasteiger charge is 2.33. The predicted molar refractivity (Wildman–Crippen MR) is 96.7 cm³/mol. The van der Waals surface area contributed by atoms with Crippen LogP contribution < -0.4 is 9.47 Å². The lowest BCUT2D eigenvalue weighted by molar-refractivity contribution is -0.128. The van der Waals surface area contributed by atoms with Crippen LogP contribution in [0.1, 0.15) is 30.2 Å². The predicted octanol–water partition coefficient (Wildman–Crippen LogP) is 2.76. The fourth-order valence-corrected chi connectivity index (χ4v) is 4.62. The molecule has 0 radical (unpaired) electrons. The van der Waals surface area contributed by atoms with Crippen LogP contribution in [0.4, 0.5) is 0 Å². The van der Waals surface area contributed by atoms with Crippen molar-refractivity contribution >= 4 is 17.7 Å². The Hall–Kier alpha value is -1.40. The van der Waals surface area contributed by atoms with Gasteiger partial charge in [0.1, 0.15) is 5.37 Å². The fourth-order valence-electron chi connectivity index (χ4n) is 3.41. The number of hydrogen-bond acceptors (Lipinski definition) is 5. The standard InChI is InChI=1S/C18H26N2O3S/c1-22-15-7-6-14(12-16(15)23-2)18-20(17(21)13-24-18)11-10-19-8-4-3-5-9-19/h6-7,12,18H,3-5,8-11,13H2,1-2H3/t18-/m0/s1. The molecule has 5 nitrogen and oxygen atoms in total. The number of likely N-dealkylation sites (tertiary alicyclic amines) is 1. The van der Waals surface area contributed by atoms with Gasteiger partial charge in [0.25, 0.3) is 0 Å². The van der Waals surface area contributed by atoms with Crippen LogP contribution in [0, 0.1) is 0 Å². The molecule has 2 saturated heterocycles. The number of carbonyl (C=O) groups excluding carboxylic acids is 1. The smallest absolute Gasteiger partial charge is 0.233 e. The molecule has 0 aromatic heterocycles. The summed E-state index contributed by atoms with van der Waals surface area (Å²) < 4.78 is 10.7. The van der Waals surface area contributed by atoms with Gasteiger partial charge in [-0.15, -0.1) is 11.8 Å². The van der Waals surface area contributed by atoms with Gasteiger partial charge in [-0.25, -0.2) is 0 Å². The second-order valence-corrected chi connectivity index (χ2v) is 7.34. The molecule has 0 unspecified atom stereocenters. The van der Waals surface area contributed by atoms with Crippen LogP contribution in [0.5, 0.6) is 11.5 Å². The monoisotopic (exact) mass is 350 g/mol. The summed E-state index contributed by atoms with van der Waals surface area (Å²) in [6.07, 6.45) is 3.90. The van der Waals surface area contributed by atoms with E-state index < -0.39 is 0 Å². The van der Waals surface area contributed by atoms with Crippen LogP contribution in [-0.4, -0.2) is 61.9 Å². The average Bonchev–Trinajstić information content (AvgIpc) is 3.00. The first-order valence-electron chi connectivity index (χ1n) is 8.58. The molecule has 0 bridgehead atoms. The van der Waals surface area contributed by atoms with E-state index in [4.69, 9.17) is 9.47 Å². The Morgan fingerprint density at radius 3 is 2.54 bits per heavy atom. The van der Waals surface area contributed by atoms with Gasteiger partial charge < -0.3 is 19.3 Å². The Bertz CT molecular complexity index is 575. The van der Waals surface area contributed by atoms with Crippen molar-refractivity contribution in [3.8, 4) is 11.5 Å². The molecule has 0 aliphatic carbocycles. The number of thioether (sulfide) groups is 1. The lowest BCUT2D eigenvalue weighted by Crippen LogP contribution is -2.39. The summed E-state index contributed by atoms with van der Waals surface area (Å²) in [5.74, 6) is 2.22. The van der Waals surface area contributed by atoms with Crippen LogP contribution in [0.15, 0.2) is 18.2 Å². The molecular formula is C18H26N2O3S. The number of benzene rings is 1. The summed E-state index contributed by atoms with van der Waals surface area (Å²) in [6, 6.07) is 5.94. The van der Waals surface area contributed by atoms with E-state index in [-0.39, 0.29) is 11.3 Å². The topological polar surface area (TPSA) is 42.0 Å². The molecule has 132 valence electrons. The summed E-state index contributed by atoms with van der Waals surface area (Å²) in [5.41, 5.74) is 1.10. The SMILES string of the molecule is COc1ccc([C@@H]2SCC(=O)N2CCN2CCCCC2)cc1OC. The van der Waals surface area contributed by atoms with Crippen molar-refractivity contribution in [3.63, 3.8) is 0 Å². The largest absolute Gasteiger partial charge is 0.493 e. The second kappa shape index (κ2) is 8.12. The van der Waals surface area contributed by atoms with E-state index >= 15 is 0 Å². The van der Waals surface area contributed by atoms with Gasteiger partial charge >= 0.3 is 0 Å². The third-order valence-electron chi connectivity index (χ3n) is 4.77. The lowest BCUT2D eigenvalue weighted by Gasteiger charge is -2.30. The van der Waals surface area contributed by atoms with Crippen LogP contribution in [0.2, 0.25) is 0 Å². The van der Waals surface area contributed by atoms with E-state index in [0.29, 0.717) is 11.5 Å². The maximum Gasteiger partial charge on any atom is 0.233 e. The molecule has 2 aliphatic heterocycles. The number of hydrogen-bond donors (Lipinski definition) is 0. The third-order valence-corrected chi connectivity index (χ3v) is 6.02. The maximum atomic E-state index is 12.3. The number of ether oxygens (including phenoxy) is 2. The molecule has 0 saturated carbocycles. The first-order chi connectivity index (χ1) is 11.7. The van der Waals surface area contributed by atoms with E-state index in [1.165, 1.54) is 19.3 Å². The number of rotatable bonds is 6. The fraction of sp³-hybridized carbons (Fsp3) is 0.611. The Morgan fingerprint density at radius 1 is 1.08 bits per heavy atom. The average molecular weight is 350 g/mol. The summed E-state index contributed by atoms with van der Waals surface area (Å²) in [7, 11) is 3.28. The van der Waals surface area contributed by atoms with Crippen molar-refractivity contribution in [1.82, 2.24) is 9.80 Å². The van der Waals surface area contributed by atoms with Gasteiger partial charge in [-0.2, -0.15) is 0 Å². The van der Waals surface area contributed by atoms with Crippen LogP contribution >= 0.6 is 11.8 Å². The van der Waals surface area contributed by atoms with Crippen LogP contribution in [0.3, 0.4) is 0 Å². The number of methoxy groups -OCH3 is 2. The Balaban J connectivity index is 1.70. The highest BCUT2D eigenvalue weighted by molar-refractivity contribution is 8.00. The molecule has 1 aromatic rings. The van der Waals surface area contributed by atoms with Gasteiger partial charge in [-0.1, -0.05) is 12.5 Å². The van der Waals surface area contributed by atoms with E-state index in [2.05, 4.69) is 4.90 Å². The quantitative estimate of drug-likeness (QED) is 0.789. The summed E-state index contributed by atoms with van der Waals surface area (Å²) in [6.45, 7) is 4.09. The van der Waals surface area contributed by atoms with Gasteiger partial charge in [0.05, 0.1) is 20.0 Å². The zero-order valence-corrected chi connectivity index (χ0v) is 15.3. The lowest BCUT2D eigenvalue weighted by atomic mass is 10.1. The molecule has 2 aliphatic rings. The summed E-state index contributed by atoms with van der Waals surface area (Å²) in [5, 5.41) is 0.0714. The molecule has 6 heteroatoms. The highest BCUT2D eigenvalue weighted by Crippen LogP contribution is 2.41. The van der Waals surface area contributed by atoms with Gasteiger partial charge in [0.15, 0.2) is 11.5 Å². The molecule has 3 rings (SSSR count). The summed E-state index contributed by atoms with van der Waals surface area (Å²) >= 11 is 1.69. The van der Waals surface area contributed by atoms with Crippen molar-refractivity contribution in [2.24, 2.45) is 0 Å². The second-order valence-electron chi connectivity index (χ2n) is 6.27. The number of piperidine rings is 1. The number of amides is 1. The summed E-state index contributed by atoms with van der Waals surface area (Å²) in [4.78, 5) is 16.8. The third kappa shape index (κ3) is 3.81. The van der Waals surface area contributed by atoms with E-state index in [1.807, 2.05) is 23.1 Å². The zero-order chi connectivity index (χ0) is 16.9. The molecule has 0 N–H and O–H groups in total. The first-order valence-corrected chi connectivity index (χ1v) is 9.63. The molecule has 1 atom stereocenters. The molecule has 1 aromatic carbocycles. The number of nitrogens with zero attached hydrogens (tertiary/aromatic N) is 2. The Kier molecular flexibility index (Phi) is 5.89. The molecule has 0 spiro atoms. The van der Waals surface area contributed by atoms with E-state index in [9.17, 15) is 4.79 Å². The van der Waals surface area contributed by atoms with Crippen LogP contribution in [-0.2, 0) is 4.79 Å². The zero-order valence-electron chi connectivity index (χ0n) is 14.5. The normalized spacial score (nSPS) is 22.0. The minimum atomic E-state index is 0.0714. The number of carbonyl (C=O) groups is 1. The highest BCUT2D eigenvalue weighted by atomic mass is 32.2. The molecule has 2 fully saturated rings. The van der Waals surface area contributed by atoms with E-state index in [0.717, 1.165) is 37.5 Å². The van der Waals surface area contributed by atoms with Crippen molar-refractivity contribution in [2.45, 2.75) is 24.6 Å². The molecule has 1 amide bonds. The van der Waals surface area contributed by atoms with Crippen molar-refractivity contribution < 1.29 is 14.3 Å².